The zero-order valence-electron chi connectivity index (χ0n) is 29.2. The highest BCUT2D eigenvalue weighted by Crippen LogP contribution is 2.37. The average molecular weight is 679 g/mol. The summed E-state index contributed by atoms with van der Waals surface area (Å²) in [5, 5.41) is 2.40. The van der Waals surface area contributed by atoms with Gasteiger partial charge in [0.05, 0.1) is 0 Å². The first-order valence-corrected chi connectivity index (χ1v) is 17.8. The largest absolute Gasteiger partial charge is 0.262 e. The molecule has 4 nitrogen and oxygen atoms in total. The van der Waals surface area contributed by atoms with E-state index in [0.29, 0.717) is 17.5 Å². The standard InChI is InChI=1S/C49H34N4/c1-33-29-41(27-28-50-33)36-23-19-34(20-24-36)35-21-25-37(26-22-35)42-30-43(46-18-10-16-38-11-8-9-17-45(38)46)32-44(31-42)49-52-47(39-12-4-2-5-13-39)51-48(53-49)40-14-6-3-7-15-40/h2-32H,1H3. The van der Waals surface area contributed by atoms with Gasteiger partial charge in [-0.05, 0) is 92.5 Å². The van der Waals surface area contributed by atoms with Crippen LogP contribution in [-0.4, -0.2) is 19.9 Å². The minimum Gasteiger partial charge on any atom is -0.262 e. The average Bonchev–Trinajstić information content (AvgIpc) is 3.24. The van der Waals surface area contributed by atoms with Crippen molar-refractivity contribution in [3.05, 3.63) is 194 Å². The molecular formula is C49H34N4. The molecule has 0 bridgehead atoms. The lowest BCUT2D eigenvalue weighted by Gasteiger charge is -2.14. The van der Waals surface area contributed by atoms with Gasteiger partial charge in [-0.15, -0.1) is 0 Å². The molecule has 0 aliphatic carbocycles. The van der Waals surface area contributed by atoms with Crippen LogP contribution in [-0.2, 0) is 0 Å². The molecule has 0 aliphatic rings. The summed E-state index contributed by atoms with van der Waals surface area (Å²) in [6, 6.07) is 63.7. The van der Waals surface area contributed by atoms with E-state index in [9.17, 15) is 0 Å². The van der Waals surface area contributed by atoms with E-state index in [2.05, 4.69) is 126 Å². The molecule has 0 aliphatic heterocycles. The van der Waals surface area contributed by atoms with Gasteiger partial charge in [0.15, 0.2) is 17.5 Å². The number of nitrogens with zero attached hydrogens (tertiary/aromatic N) is 4. The smallest absolute Gasteiger partial charge is 0.164 e. The predicted octanol–water partition coefficient (Wildman–Crippen LogP) is 12.4. The van der Waals surface area contributed by atoms with E-state index < -0.39 is 0 Å². The van der Waals surface area contributed by atoms with Gasteiger partial charge in [0.25, 0.3) is 0 Å². The quantitative estimate of drug-likeness (QED) is 0.168. The second kappa shape index (κ2) is 13.9. The predicted molar refractivity (Wildman–Crippen MR) is 218 cm³/mol. The first-order valence-electron chi connectivity index (χ1n) is 17.8. The summed E-state index contributed by atoms with van der Waals surface area (Å²) < 4.78 is 0. The van der Waals surface area contributed by atoms with Gasteiger partial charge in [-0.1, -0.05) is 152 Å². The Morgan fingerprint density at radius 3 is 1.40 bits per heavy atom. The number of hydrogen-bond acceptors (Lipinski definition) is 4. The molecule has 4 heteroatoms. The fourth-order valence-electron chi connectivity index (χ4n) is 6.93. The molecule has 53 heavy (non-hydrogen) atoms. The maximum absolute atomic E-state index is 5.09. The van der Waals surface area contributed by atoms with Crippen molar-refractivity contribution in [3.63, 3.8) is 0 Å². The van der Waals surface area contributed by atoms with E-state index in [1.165, 1.54) is 27.5 Å². The van der Waals surface area contributed by atoms with Gasteiger partial charge < -0.3 is 0 Å². The van der Waals surface area contributed by atoms with Crippen LogP contribution in [0, 0.1) is 6.92 Å². The van der Waals surface area contributed by atoms with Crippen molar-refractivity contribution in [1.29, 1.82) is 0 Å². The molecule has 0 saturated carbocycles. The van der Waals surface area contributed by atoms with Gasteiger partial charge in [-0.2, -0.15) is 0 Å². The van der Waals surface area contributed by atoms with Gasteiger partial charge in [-0.25, -0.2) is 15.0 Å². The van der Waals surface area contributed by atoms with Crippen molar-refractivity contribution in [1.82, 2.24) is 19.9 Å². The Kier molecular flexibility index (Phi) is 8.39. The molecule has 9 aromatic rings. The van der Waals surface area contributed by atoms with E-state index in [1.807, 2.05) is 73.8 Å². The molecule has 0 N–H and O–H groups in total. The van der Waals surface area contributed by atoms with Crippen LogP contribution in [0.15, 0.2) is 188 Å². The summed E-state index contributed by atoms with van der Waals surface area (Å²) in [7, 11) is 0. The number of benzene rings is 7. The van der Waals surface area contributed by atoms with Gasteiger partial charge >= 0.3 is 0 Å². The SMILES string of the molecule is Cc1cc(-c2ccc(-c3ccc(-c4cc(-c5nc(-c6ccccc6)nc(-c6ccccc6)n5)cc(-c5cccc6ccccc56)c4)cc3)cc2)ccn1. The maximum atomic E-state index is 5.09. The van der Waals surface area contributed by atoms with Crippen molar-refractivity contribution >= 4 is 10.8 Å². The fraction of sp³-hybridized carbons (Fsp3) is 0.0204. The summed E-state index contributed by atoms with van der Waals surface area (Å²) in [5.74, 6) is 1.91. The molecule has 0 atom stereocenters. The zero-order chi connectivity index (χ0) is 35.6. The molecule has 9 rings (SSSR count). The summed E-state index contributed by atoms with van der Waals surface area (Å²) in [4.78, 5) is 19.5. The minimum absolute atomic E-state index is 0.627. The molecule has 0 saturated heterocycles. The highest BCUT2D eigenvalue weighted by molar-refractivity contribution is 5.98. The van der Waals surface area contributed by atoms with Gasteiger partial charge in [0.1, 0.15) is 0 Å². The Morgan fingerprint density at radius 1 is 0.321 bits per heavy atom. The van der Waals surface area contributed by atoms with E-state index in [0.717, 1.165) is 50.2 Å². The van der Waals surface area contributed by atoms with Crippen molar-refractivity contribution < 1.29 is 0 Å². The Labute approximate surface area is 309 Å². The van der Waals surface area contributed by atoms with Crippen LogP contribution in [0.1, 0.15) is 5.69 Å². The van der Waals surface area contributed by atoms with Crippen LogP contribution in [0.3, 0.4) is 0 Å². The second-order valence-electron chi connectivity index (χ2n) is 13.2. The van der Waals surface area contributed by atoms with Crippen molar-refractivity contribution in [2.75, 3.05) is 0 Å². The molecule has 0 amide bonds. The molecular weight excluding hydrogens is 645 g/mol. The van der Waals surface area contributed by atoms with Crippen molar-refractivity contribution in [3.8, 4) is 78.7 Å². The fourth-order valence-corrected chi connectivity index (χ4v) is 6.93. The third-order valence-corrected chi connectivity index (χ3v) is 9.66. The number of aromatic nitrogens is 4. The molecule has 0 spiro atoms. The van der Waals surface area contributed by atoms with Crippen LogP contribution in [0.25, 0.3) is 89.4 Å². The minimum atomic E-state index is 0.627. The monoisotopic (exact) mass is 678 g/mol. The molecule has 2 heterocycles. The van der Waals surface area contributed by atoms with Gasteiger partial charge in [0.2, 0.25) is 0 Å². The van der Waals surface area contributed by atoms with E-state index in [1.54, 1.807) is 0 Å². The lowest BCUT2D eigenvalue weighted by atomic mass is 9.92. The molecule has 0 fully saturated rings. The van der Waals surface area contributed by atoms with E-state index in [-0.39, 0.29) is 0 Å². The lowest BCUT2D eigenvalue weighted by molar-refractivity contribution is 1.07. The highest BCUT2D eigenvalue weighted by atomic mass is 15.0. The first kappa shape index (κ1) is 31.9. The van der Waals surface area contributed by atoms with Crippen LogP contribution in [0.2, 0.25) is 0 Å². The summed E-state index contributed by atoms with van der Waals surface area (Å²) in [6.45, 7) is 2.02. The van der Waals surface area contributed by atoms with Crippen LogP contribution in [0.5, 0.6) is 0 Å². The summed E-state index contributed by atoms with van der Waals surface area (Å²) in [5.41, 5.74) is 13.0. The second-order valence-corrected chi connectivity index (χ2v) is 13.2. The molecule has 7 aromatic carbocycles. The number of fused-ring (bicyclic) bond motifs is 1. The lowest BCUT2D eigenvalue weighted by Crippen LogP contribution is -2.00. The van der Waals surface area contributed by atoms with E-state index in [4.69, 9.17) is 15.0 Å². The first-order chi connectivity index (χ1) is 26.1. The topological polar surface area (TPSA) is 51.6 Å². The summed E-state index contributed by atoms with van der Waals surface area (Å²) >= 11 is 0. The number of hydrogen-bond donors (Lipinski definition) is 0. The van der Waals surface area contributed by atoms with Crippen LogP contribution < -0.4 is 0 Å². The van der Waals surface area contributed by atoms with Crippen molar-refractivity contribution in [2.45, 2.75) is 6.92 Å². The Morgan fingerprint density at radius 2 is 0.792 bits per heavy atom. The third kappa shape index (κ3) is 6.62. The number of pyridine rings is 1. The number of rotatable bonds is 7. The Bertz CT molecular complexity index is 2640. The number of aryl methyl sites for hydroxylation is 1. The zero-order valence-corrected chi connectivity index (χ0v) is 29.2. The molecule has 0 unspecified atom stereocenters. The van der Waals surface area contributed by atoms with Gasteiger partial charge in [-0.3, -0.25) is 4.98 Å². The third-order valence-electron chi connectivity index (χ3n) is 9.66. The molecule has 250 valence electrons. The van der Waals surface area contributed by atoms with Crippen LogP contribution in [0.4, 0.5) is 0 Å². The molecule has 2 aromatic heterocycles. The Hall–Kier alpha value is -7.04. The Balaban J connectivity index is 1.17. The van der Waals surface area contributed by atoms with E-state index >= 15 is 0 Å². The maximum Gasteiger partial charge on any atom is 0.164 e. The van der Waals surface area contributed by atoms with Crippen molar-refractivity contribution in [2.24, 2.45) is 0 Å². The van der Waals surface area contributed by atoms with Crippen LogP contribution >= 0.6 is 0 Å². The molecule has 0 radical (unpaired) electrons. The van der Waals surface area contributed by atoms with Gasteiger partial charge in [0, 0.05) is 28.6 Å². The highest BCUT2D eigenvalue weighted by Gasteiger charge is 2.16. The normalized spacial score (nSPS) is 11.1. The summed E-state index contributed by atoms with van der Waals surface area (Å²) in [6.07, 6.45) is 1.86.